The van der Waals surface area contributed by atoms with Crippen LogP contribution >= 0.6 is 0 Å². The summed E-state index contributed by atoms with van der Waals surface area (Å²) in [6.45, 7) is 15.0. The summed E-state index contributed by atoms with van der Waals surface area (Å²) in [4.78, 5) is 22.7. The lowest BCUT2D eigenvalue weighted by Crippen LogP contribution is -2.32. The van der Waals surface area contributed by atoms with E-state index in [9.17, 15) is 4.79 Å². The standard InChI is InChI=1S/C19H28O4/c1-13(2)16-10-8-9-11-17(16)22-23-19(6,7)12-15(5)21-18(20)14(3)4/h8-11,13,15H,3,12H2,1-2,4-7H3. The van der Waals surface area contributed by atoms with E-state index < -0.39 is 5.60 Å². The molecule has 0 bridgehead atoms. The minimum atomic E-state index is -0.598. The van der Waals surface area contributed by atoms with Crippen LogP contribution in [-0.2, 0) is 14.4 Å². The quantitative estimate of drug-likeness (QED) is 0.299. The highest BCUT2D eigenvalue weighted by Crippen LogP contribution is 2.28. The summed E-state index contributed by atoms with van der Waals surface area (Å²) in [7, 11) is 0. The van der Waals surface area contributed by atoms with Gasteiger partial charge in [0.05, 0.1) is 0 Å². The van der Waals surface area contributed by atoms with Crippen molar-refractivity contribution in [3.05, 3.63) is 42.0 Å². The van der Waals surface area contributed by atoms with Crippen LogP contribution in [0.5, 0.6) is 5.75 Å². The monoisotopic (exact) mass is 320 g/mol. The highest BCUT2D eigenvalue weighted by Gasteiger charge is 2.26. The van der Waals surface area contributed by atoms with E-state index in [1.165, 1.54) is 0 Å². The van der Waals surface area contributed by atoms with Gasteiger partial charge in [-0.05, 0) is 39.7 Å². The fraction of sp³-hybridized carbons (Fsp3) is 0.526. The molecule has 0 saturated carbocycles. The molecule has 0 spiro atoms. The highest BCUT2D eigenvalue weighted by molar-refractivity contribution is 5.87. The molecule has 0 radical (unpaired) electrons. The minimum absolute atomic E-state index is 0.293. The maximum atomic E-state index is 11.5. The molecule has 0 amide bonds. The Morgan fingerprint density at radius 1 is 1.22 bits per heavy atom. The molecule has 23 heavy (non-hydrogen) atoms. The molecule has 0 aliphatic rings. The normalized spacial score (nSPS) is 12.8. The summed E-state index contributed by atoms with van der Waals surface area (Å²) in [6, 6.07) is 7.80. The van der Waals surface area contributed by atoms with Crippen molar-refractivity contribution in [3.63, 3.8) is 0 Å². The smallest absolute Gasteiger partial charge is 0.333 e. The van der Waals surface area contributed by atoms with Gasteiger partial charge in [0.1, 0.15) is 11.7 Å². The fourth-order valence-corrected chi connectivity index (χ4v) is 2.24. The number of para-hydroxylation sites is 1. The van der Waals surface area contributed by atoms with Gasteiger partial charge in [0.25, 0.3) is 0 Å². The third-order valence-electron chi connectivity index (χ3n) is 3.33. The van der Waals surface area contributed by atoms with Crippen LogP contribution in [0.4, 0.5) is 0 Å². The van der Waals surface area contributed by atoms with Gasteiger partial charge in [-0.1, -0.05) is 38.6 Å². The zero-order chi connectivity index (χ0) is 17.6. The Morgan fingerprint density at radius 3 is 2.39 bits per heavy atom. The summed E-state index contributed by atoms with van der Waals surface area (Å²) in [5.41, 5.74) is 0.876. The van der Waals surface area contributed by atoms with Crippen LogP contribution in [0.2, 0.25) is 0 Å². The Labute approximate surface area is 139 Å². The molecule has 0 N–H and O–H groups in total. The molecule has 0 aliphatic heterocycles. The van der Waals surface area contributed by atoms with E-state index in [0.29, 0.717) is 23.7 Å². The van der Waals surface area contributed by atoms with E-state index in [-0.39, 0.29) is 12.1 Å². The van der Waals surface area contributed by atoms with Gasteiger partial charge in [0, 0.05) is 17.6 Å². The lowest BCUT2D eigenvalue weighted by atomic mass is 10.0. The third-order valence-corrected chi connectivity index (χ3v) is 3.33. The number of rotatable bonds is 8. The van der Waals surface area contributed by atoms with Crippen molar-refractivity contribution in [3.8, 4) is 5.75 Å². The van der Waals surface area contributed by atoms with Crippen LogP contribution < -0.4 is 4.89 Å². The molecule has 4 nitrogen and oxygen atoms in total. The summed E-state index contributed by atoms with van der Waals surface area (Å²) in [5, 5.41) is 0. The predicted molar refractivity (Wildman–Crippen MR) is 91.3 cm³/mol. The summed E-state index contributed by atoms with van der Waals surface area (Å²) in [5.74, 6) is 0.662. The van der Waals surface area contributed by atoms with Crippen LogP contribution in [0.1, 0.15) is 59.4 Å². The van der Waals surface area contributed by atoms with Crippen LogP contribution in [0.3, 0.4) is 0 Å². The number of carbonyl (C=O) groups excluding carboxylic acids is 1. The Morgan fingerprint density at radius 2 is 1.83 bits per heavy atom. The molecule has 1 atom stereocenters. The van der Waals surface area contributed by atoms with Crippen molar-refractivity contribution in [1.29, 1.82) is 0 Å². The molecule has 128 valence electrons. The molecular weight excluding hydrogens is 292 g/mol. The van der Waals surface area contributed by atoms with Crippen molar-refractivity contribution in [2.75, 3.05) is 0 Å². The van der Waals surface area contributed by atoms with Crippen molar-refractivity contribution in [2.24, 2.45) is 0 Å². The van der Waals surface area contributed by atoms with Crippen molar-refractivity contribution >= 4 is 5.97 Å². The third kappa shape index (κ3) is 6.45. The van der Waals surface area contributed by atoms with Crippen molar-refractivity contribution in [2.45, 2.75) is 65.6 Å². The zero-order valence-corrected chi connectivity index (χ0v) is 15.0. The second kappa shape index (κ2) is 8.16. The van der Waals surface area contributed by atoms with Crippen LogP contribution in [0.25, 0.3) is 0 Å². The minimum Gasteiger partial charge on any atom is -0.459 e. The fourth-order valence-electron chi connectivity index (χ4n) is 2.24. The number of carbonyl (C=O) groups is 1. The Bertz CT molecular complexity index is 546. The molecule has 4 heteroatoms. The SMILES string of the molecule is C=C(C)C(=O)OC(C)CC(C)(C)OOc1ccccc1C(C)C. The first kappa shape index (κ1) is 19.2. The Balaban J connectivity index is 2.62. The molecule has 0 aromatic heterocycles. The van der Waals surface area contributed by atoms with Gasteiger partial charge in [0.15, 0.2) is 5.75 Å². The maximum absolute atomic E-state index is 11.5. The van der Waals surface area contributed by atoms with E-state index in [4.69, 9.17) is 14.5 Å². The summed E-state index contributed by atoms with van der Waals surface area (Å²) >= 11 is 0. The van der Waals surface area contributed by atoms with Gasteiger partial charge in [-0.2, -0.15) is 4.89 Å². The number of ether oxygens (including phenoxy) is 1. The lowest BCUT2D eigenvalue weighted by molar-refractivity contribution is -0.287. The first-order valence-corrected chi connectivity index (χ1v) is 7.93. The molecular formula is C19H28O4. The molecule has 1 unspecified atom stereocenters. The maximum Gasteiger partial charge on any atom is 0.333 e. The molecule has 0 aliphatic carbocycles. The van der Waals surface area contributed by atoms with Gasteiger partial charge >= 0.3 is 5.97 Å². The number of hydrogen-bond donors (Lipinski definition) is 0. The van der Waals surface area contributed by atoms with E-state index in [1.807, 2.05) is 45.0 Å². The number of esters is 1. The van der Waals surface area contributed by atoms with Gasteiger partial charge in [0.2, 0.25) is 0 Å². The second-order valence-corrected chi connectivity index (χ2v) is 6.82. The van der Waals surface area contributed by atoms with Crippen LogP contribution in [0.15, 0.2) is 36.4 Å². The first-order chi connectivity index (χ1) is 10.6. The topological polar surface area (TPSA) is 44.8 Å². The lowest BCUT2D eigenvalue weighted by Gasteiger charge is -2.27. The highest BCUT2D eigenvalue weighted by atomic mass is 17.2. The van der Waals surface area contributed by atoms with Crippen LogP contribution in [0, 0.1) is 0 Å². The average Bonchev–Trinajstić information content (AvgIpc) is 2.44. The Hall–Kier alpha value is -1.81. The number of benzene rings is 1. The average molecular weight is 320 g/mol. The molecule has 0 fully saturated rings. The number of hydrogen-bond acceptors (Lipinski definition) is 4. The van der Waals surface area contributed by atoms with E-state index in [0.717, 1.165) is 5.56 Å². The van der Waals surface area contributed by atoms with Gasteiger partial charge in [-0.25, -0.2) is 4.79 Å². The Kier molecular flexibility index (Phi) is 6.82. The molecule has 1 aromatic rings. The zero-order valence-electron chi connectivity index (χ0n) is 15.0. The predicted octanol–water partition coefficient (Wildman–Crippen LogP) is 4.80. The molecule has 0 heterocycles. The second-order valence-electron chi connectivity index (χ2n) is 6.82. The van der Waals surface area contributed by atoms with Crippen LogP contribution in [-0.4, -0.2) is 17.7 Å². The first-order valence-electron chi connectivity index (χ1n) is 7.93. The molecule has 1 rings (SSSR count). The van der Waals surface area contributed by atoms with Gasteiger partial charge in [-0.3, -0.25) is 0 Å². The van der Waals surface area contributed by atoms with Crippen molar-refractivity contribution in [1.82, 2.24) is 0 Å². The van der Waals surface area contributed by atoms with E-state index in [1.54, 1.807) is 6.92 Å². The largest absolute Gasteiger partial charge is 0.459 e. The van der Waals surface area contributed by atoms with Gasteiger partial charge < -0.3 is 9.62 Å². The summed E-state index contributed by atoms with van der Waals surface area (Å²) in [6.07, 6.45) is 0.216. The molecule has 1 aromatic carbocycles. The summed E-state index contributed by atoms with van der Waals surface area (Å²) < 4.78 is 5.29. The van der Waals surface area contributed by atoms with Gasteiger partial charge in [-0.15, -0.1) is 0 Å². The molecule has 0 saturated heterocycles. The van der Waals surface area contributed by atoms with E-state index >= 15 is 0 Å². The van der Waals surface area contributed by atoms with Crippen molar-refractivity contribution < 1.29 is 19.3 Å². The van der Waals surface area contributed by atoms with E-state index in [2.05, 4.69) is 20.4 Å².